The topological polar surface area (TPSA) is 79.4 Å². The van der Waals surface area contributed by atoms with Gasteiger partial charge in [-0.15, -0.1) is 0 Å². The van der Waals surface area contributed by atoms with Gasteiger partial charge in [0.1, 0.15) is 16.4 Å². The normalized spacial score (nSPS) is 22.0. The standard InChI is InChI=1S/C20H30BrF2N3O2/c1-19(2,23)12-5-7-13(8-6-12)26(11-16(22)20(3,4)28)15-9-17(21)25-10-14(15)18(24)27/h9-10,12-13,16,28H,5-8,11H2,1-4H3,(H2,24,27)/t12?,13?,16-/m1/s1. The quantitative estimate of drug-likeness (QED) is 0.597. The number of hydrogen-bond acceptors (Lipinski definition) is 4. The van der Waals surface area contributed by atoms with E-state index in [0.717, 1.165) is 0 Å². The van der Waals surface area contributed by atoms with E-state index in [0.29, 0.717) is 36.0 Å². The summed E-state index contributed by atoms with van der Waals surface area (Å²) in [4.78, 5) is 17.8. The van der Waals surface area contributed by atoms with E-state index in [-0.39, 0.29) is 24.1 Å². The van der Waals surface area contributed by atoms with Crippen LogP contribution in [0.3, 0.4) is 0 Å². The summed E-state index contributed by atoms with van der Waals surface area (Å²) in [6.45, 7) is 5.90. The van der Waals surface area contributed by atoms with Crippen LogP contribution in [0, 0.1) is 5.92 Å². The Hall–Kier alpha value is -1.28. The summed E-state index contributed by atoms with van der Waals surface area (Å²) in [5, 5.41) is 10.1. The lowest BCUT2D eigenvalue weighted by Crippen LogP contribution is -2.48. The van der Waals surface area contributed by atoms with Crippen LogP contribution >= 0.6 is 15.9 Å². The second-order valence-corrected chi connectivity index (χ2v) is 9.54. The Morgan fingerprint density at radius 3 is 2.39 bits per heavy atom. The van der Waals surface area contributed by atoms with E-state index in [4.69, 9.17) is 5.73 Å². The van der Waals surface area contributed by atoms with Crippen molar-refractivity contribution in [1.82, 2.24) is 4.98 Å². The number of aromatic nitrogens is 1. The highest BCUT2D eigenvalue weighted by Gasteiger charge is 2.37. The average molecular weight is 462 g/mol. The summed E-state index contributed by atoms with van der Waals surface area (Å²) < 4.78 is 29.6. The number of alkyl halides is 2. The second-order valence-electron chi connectivity index (χ2n) is 8.73. The van der Waals surface area contributed by atoms with Crippen molar-refractivity contribution in [1.29, 1.82) is 0 Å². The van der Waals surface area contributed by atoms with E-state index < -0.39 is 23.3 Å². The highest BCUT2D eigenvalue weighted by molar-refractivity contribution is 9.10. The molecule has 158 valence electrons. The number of aliphatic hydroxyl groups is 1. The Labute approximate surface area is 173 Å². The summed E-state index contributed by atoms with van der Waals surface area (Å²) in [5.41, 5.74) is 3.39. The molecule has 0 radical (unpaired) electrons. The molecule has 1 aromatic rings. The fourth-order valence-electron chi connectivity index (χ4n) is 3.76. The van der Waals surface area contributed by atoms with E-state index in [1.54, 1.807) is 24.8 Å². The maximum atomic E-state index is 14.8. The molecule has 0 unspecified atom stereocenters. The summed E-state index contributed by atoms with van der Waals surface area (Å²) in [6.07, 6.45) is 2.48. The molecule has 0 bridgehead atoms. The van der Waals surface area contributed by atoms with Crippen LogP contribution in [-0.2, 0) is 0 Å². The van der Waals surface area contributed by atoms with Gasteiger partial charge in [0.2, 0.25) is 0 Å². The van der Waals surface area contributed by atoms with Crippen LogP contribution in [0.1, 0.15) is 63.7 Å². The lowest BCUT2D eigenvalue weighted by Gasteiger charge is -2.42. The Balaban J connectivity index is 2.37. The first-order chi connectivity index (χ1) is 12.8. The Bertz CT molecular complexity index is 696. The van der Waals surface area contributed by atoms with Gasteiger partial charge in [0.05, 0.1) is 23.4 Å². The Morgan fingerprint density at radius 2 is 1.93 bits per heavy atom. The molecule has 28 heavy (non-hydrogen) atoms. The third-order valence-corrected chi connectivity index (χ3v) is 6.09. The molecule has 0 spiro atoms. The molecule has 1 atom stereocenters. The van der Waals surface area contributed by atoms with Crippen LogP contribution in [0.25, 0.3) is 0 Å². The van der Waals surface area contributed by atoms with Gasteiger partial charge in [-0.3, -0.25) is 4.79 Å². The van der Waals surface area contributed by atoms with Crippen molar-refractivity contribution >= 4 is 27.5 Å². The van der Waals surface area contributed by atoms with E-state index in [2.05, 4.69) is 20.9 Å². The van der Waals surface area contributed by atoms with E-state index in [1.807, 2.05) is 0 Å². The van der Waals surface area contributed by atoms with Crippen molar-refractivity contribution in [2.75, 3.05) is 11.4 Å². The number of hydrogen-bond donors (Lipinski definition) is 2. The first kappa shape index (κ1) is 23.0. The van der Waals surface area contributed by atoms with Gasteiger partial charge < -0.3 is 15.7 Å². The molecule has 1 fully saturated rings. The van der Waals surface area contributed by atoms with Gasteiger partial charge in [0.25, 0.3) is 5.91 Å². The zero-order valence-corrected chi connectivity index (χ0v) is 18.5. The van der Waals surface area contributed by atoms with Gasteiger partial charge in [-0.05, 0) is 81.3 Å². The molecule has 5 nitrogen and oxygen atoms in total. The van der Waals surface area contributed by atoms with Crippen LogP contribution in [0.15, 0.2) is 16.9 Å². The highest BCUT2D eigenvalue weighted by Crippen LogP contribution is 2.39. The molecule has 0 saturated heterocycles. The molecule has 1 saturated carbocycles. The van der Waals surface area contributed by atoms with Crippen molar-refractivity contribution in [3.05, 3.63) is 22.4 Å². The molecule has 1 amide bonds. The van der Waals surface area contributed by atoms with Crippen LogP contribution in [0.2, 0.25) is 0 Å². The van der Waals surface area contributed by atoms with Crippen molar-refractivity contribution in [2.45, 2.75) is 76.9 Å². The molecule has 3 N–H and O–H groups in total. The van der Waals surface area contributed by atoms with Gasteiger partial charge in [-0.2, -0.15) is 0 Å². The second kappa shape index (κ2) is 8.61. The summed E-state index contributed by atoms with van der Waals surface area (Å²) >= 11 is 3.30. The number of halogens is 3. The van der Waals surface area contributed by atoms with Crippen molar-refractivity contribution in [3.63, 3.8) is 0 Å². The maximum Gasteiger partial charge on any atom is 0.252 e. The van der Waals surface area contributed by atoms with Crippen LogP contribution < -0.4 is 10.6 Å². The minimum Gasteiger partial charge on any atom is -0.387 e. The molecular formula is C20H30BrF2N3O2. The third kappa shape index (κ3) is 5.63. The Kier molecular flexibility index (Phi) is 7.08. The molecular weight excluding hydrogens is 432 g/mol. The largest absolute Gasteiger partial charge is 0.387 e. The summed E-state index contributed by atoms with van der Waals surface area (Å²) in [7, 11) is 0. The van der Waals surface area contributed by atoms with Crippen LogP contribution in [-0.4, -0.2) is 46.0 Å². The number of primary amides is 1. The average Bonchev–Trinajstić information content (AvgIpc) is 2.57. The van der Waals surface area contributed by atoms with Gasteiger partial charge in [0.15, 0.2) is 0 Å². The van der Waals surface area contributed by atoms with Gasteiger partial charge in [-0.25, -0.2) is 13.8 Å². The van der Waals surface area contributed by atoms with Gasteiger partial charge in [0, 0.05) is 12.2 Å². The maximum absolute atomic E-state index is 14.8. The summed E-state index contributed by atoms with van der Waals surface area (Å²) in [6, 6.07) is 1.55. The fraction of sp³-hybridized carbons (Fsp3) is 0.700. The van der Waals surface area contributed by atoms with Crippen molar-refractivity contribution < 1.29 is 18.7 Å². The smallest absolute Gasteiger partial charge is 0.252 e. The first-order valence-corrected chi connectivity index (χ1v) is 10.4. The predicted octanol–water partition coefficient (Wildman–Crippen LogP) is 4.17. The van der Waals surface area contributed by atoms with E-state index in [1.165, 1.54) is 20.0 Å². The SMILES string of the molecule is CC(C)(F)C1CCC(N(C[C@@H](F)C(C)(C)O)c2cc(Br)ncc2C(N)=O)CC1. The number of nitrogens with zero attached hydrogens (tertiary/aromatic N) is 2. The number of rotatable bonds is 7. The molecule has 1 aromatic heterocycles. The van der Waals surface area contributed by atoms with Crippen molar-refractivity contribution in [3.8, 4) is 0 Å². The number of carbonyl (C=O) groups is 1. The monoisotopic (exact) mass is 461 g/mol. The van der Waals surface area contributed by atoms with Gasteiger partial charge in [-0.1, -0.05) is 0 Å². The summed E-state index contributed by atoms with van der Waals surface area (Å²) in [5.74, 6) is -0.710. The zero-order valence-electron chi connectivity index (χ0n) is 16.9. The van der Waals surface area contributed by atoms with E-state index >= 15 is 0 Å². The molecule has 1 heterocycles. The highest BCUT2D eigenvalue weighted by atomic mass is 79.9. The van der Waals surface area contributed by atoms with Crippen LogP contribution in [0.5, 0.6) is 0 Å². The van der Waals surface area contributed by atoms with Crippen LogP contribution in [0.4, 0.5) is 14.5 Å². The zero-order chi connectivity index (χ0) is 21.3. The lowest BCUT2D eigenvalue weighted by molar-refractivity contribution is -0.000890. The number of anilines is 1. The molecule has 1 aliphatic rings. The molecule has 1 aliphatic carbocycles. The van der Waals surface area contributed by atoms with Gasteiger partial charge >= 0.3 is 0 Å². The predicted molar refractivity (Wildman–Crippen MR) is 110 cm³/mol. The number of amides is 1. The third-order valence-electron chi connectivity index (χ3n) is 5.66. The fourth-order valence-corrected chi connectivity index (χ4v) is 4.08. The number of carbonyl (C=O) groups excluding carboxylic acids is 1. The molecule has 0 aliphatic heterocycles. The minimum atomic E-state index is -1.55. The molecule has 8 heteroatoms. The van der Waals surface area contributed by atoms with Crippen molar-refractivity contribution in [2.24, 2.45) is 11.7 Å². The molecule has 0 aromatic carbocycles. The number of pyridine rings is 1. The number of nitrogens with two attached hydrogens (primary N) is 1. The minimum absolute atomic E-state index is 0.0548. The Morgan fingerprint density at radius 1 is 1.36 bits per heavy atom. The molecule has 2 rings (SSSR count). The lowest BCUT2D eigenvalue weighted by atomic mass is 9.77. The first-order valence-electron chi connectivity index (χ1n) is 9.58. The van der Waals surface area contributed by atoms with E-state index in [9.17, 15) is 18.7 Å².